The number of urea groups is 1. The number of nitrogens with zero attached hydrogens (tertiary/aromatic N) is 3. The predicted molar refractivity (Wildman–Crippen MR) is 122 cm³/mol. The van der Waals surface area contributed by atoms with Crippen LogP contribution >= 0.6 is 24.8 Å². The lowest BCUT2D eigenvalue weighted by atomic mass is 9.85. The Morgan fingerprint density at radius 3 is 2.03 bits per heavy atom. The maximum atomic E-state index is 12.9. The van der Waals surface area contributed by atoms with Crippen LogP contribution in [0.1, 0.15) is 31.2 Å². The number of carboxylic acid groups (broad SMARTS) is 1. The largest absolute Gasteiger partial charge is 0.481 e. The number of carbonyl (C=O) groups is 2. The van der Waals surface area contributed by atoms with Crippen LogP contribution in [0.4, 0.5) is 10.5 Å². The summed E-state index contributed by atoms with van der Waals surface area (Å²) in [5, 5.41) is 16.6. The van der Waals surface area contributed by atoms with Crippen LogP contribution in [0.2, 0.25) is 0 Å². The van der Waals surface area contributed by atoms with E-state index in [0.717, 1.165) is 31.6 Å². The number of halogens is 2. The quantitative estimate of drug-likeness (QED) is 0.472. The van der Waals surface area contributed by atoms with Gasteiger partial charge in [-0.3, -0.25) is 10.2 Å². The minimum absolute atomic E-state index is 0. The number of hydrogen-bond acceptors (Lipinski definition) is 4. The van der Waals surface area contributed by atoms with E-state index < -0.39 is 5.97 Å². The van der Waals surface area contributed by atoms with Gasteiger partial charge < -0.3 is 25.5 Å². The zero-order valence-electron chi connectivity index (χ0n) is 17.1. The molecule has 10 heteroatoms. The van der Waals surface area contributed by atoms with Gasteiger partial charge in [-0.1, -0.05) is 0 Å². The van der Waals surface area contributed by atoms with Gasteiger partial charge in [0.2, 0.25) is 0 Å². The summed E-state index contributed by atoms with van der Waals surface area (Å²) >= 11 is 0. The van der Waals surface area contributed by atoms with Gasteiger partial charge in [-0.15, -0.1) is 24.8 Å². The van der Waals surface area contributed by atoms with Gasteiger partial charge >= 0.3 is 12.0 Å². The zero-order valence-corrected chi connectivity index (χ0v) is 18.8. The molecule has 0 aromatic heterocycles. The van der Waals surface area contributed by atoms with Crippen molar-refractivity contribution in [2.75, 3.05) is 38.1 Å². The molecule has 1 aliphatic heterocycles. The molecule has 1 saturated carbocycles. The Morgan fingerprint density at radius 2 is 1.57 bits per heavy atom. The van der Waals surface area contributed by atoms with Crippen molar-refractivity contribution in [3.63, 3.8) is 0 Å². The van der Waals surface area contributed by atoms with E-state index in [1.165, 1.54) is 0 Å². The molecule has 1 saturated heterocycles. The minimum Gasteiger partial charge on any atom is -0.481 e. The highest BCUT2D eigenvalue weighted by Crippen LogP contribution is 2.28. The fraction of sp³-hybridized carbons (Fsp3) is 0.550. The van der Waals surface area contributed by atoms with Crippen molar-refractivity contribution in [3.8, 4) is 0 Å². The van der Waals surface area contributed by atoms with Crippen molar-refractivity contribution in [2.45, 2.75) is 31.7 Å². The average Bonchev–Trinajstić information content (AvgIpc) is 2.73. The summed E-state index contributed by atoms with van der Waals surface area (Å²) in [4.78, 5) is 29.9. The monoisotopic (exact) mass is 459 g/mol. The molecular formula is C20H31Cl2N5O3. The summed E-state index contributed by atoms with van der Waals surface area (Å²) in [5.41, 5.74) is 7.27. The van der Waals surface area contributed by atoms with E-state index in [1.54, 1.807) is 4.90 Å². The topological polar surface area (TPSA) is 114 Å². The highest BCUT2D eigenvalue weighted by molar-refractivity contribution is 5.95. The second kappa shape index (κ2) is 11.3. The van der Waals surface area contributed by atoms with Crippen molar-refractivity contribution < 1.29 is 14.7 Å². The van der Waals surface area contributed by atoms with Crippen LogP contribution in [0.5, 0.6) is 0 Å². The predicted octanol–water partition coefficient (Wildman–Crippen LogP) is 2.63. The van der Waals surface area contributed by atoms with E-state index in [2.05, 4.69) is 4.90 Å². The fourth-order valence-electron chi connectivity index (χ4n) is 4.10. The smallest absolute Gasteiger partial charge is 0.320 e. The van der Waals surface area contributed by atoms with Crippen LogP contribution < -0.4 is 10.6 Å². The lowest BCUT2D eigenvalue weighted by Gasteiger charge is -2.40. The van der Waals surface area contributed by atoms with E-state index >= 15 is 0 Å². The van der Waals surface area contributed by atoms with E-state index in [1.807, 2.05) is 36.2 Å². The molecule has 4 N–H and O–H groups in total. The summed E-state index contributed by atoms with van der Waals surface area (Å²) in [7, 11) is 1.83. The molecule has 2 fully saturated rings. The Kier molecular flexibility index (Phi) is 9.71. The van der Waals surface area contributed by atoms with Crippen molar-refractivity contribution in [2.24, 2.45) is 11.7 Å². The van der Waals surface area contributed by atoms with Crippen LogP contribution in [0.25, 0.3) is 0 Å². The number of carbonyl (C=O) groups excluding carboxylic acids is 1. The summed E-state index contributed by atoms with van der Waals surface area (Å²) in [5.74, 6) is -0.931. The van der Waals surface area contributed by atoms with Crippen LogP contribution in [0, 0.1) is 11.3 Å². The number of hydrogen-bond donors (Lipinski definition) is 3. The Balaban J connectivity index is 0.00000225. The molecule has 2 amide bonds. The Morgan fingerprint density at radius 1 is 1.03 bits per heavy atom. The number of nitrogens with two attached hydrogens (primary N) is 1. The number of nitrogen functional groups attached to an aromatic ring is 1. The molecule has 1 aliphatic carbocycles. The van der Waals surface area contributed by atoms with Gasteiger partial charge in [0.05, 0.1) is 5.92 Å². The van der Waals surface area contributed by atoms with Crippen molar-refractivity contribution in [1.82, 2.24) is 9.80 Å². The Labute approximate surface area is 189 Å². The Bertz CT molecular complexity index is 730. The molecule has 168 valence electrons. The first-order valence-electron chi connectivity index (χ1n) is 9.80. The normalized spacial score (nSPS) is 21.1. The van der Waals surface area contributed by atoms with Gasteiger partial charge in [-0.25, -0.2) is 4.79 Å². The maximum Gasteiger partial charge on any atom is 0.320 e. The van der Waals surface area contributed by atoms with Crippen molar-refractivity contribution >= 4 is 48.3 Å². The first-order chi connectivity index (χ1) is 13.4. The molecule has 2 aliphatic rings. The number of piperazine rings is 1. The molecule has 3 rings (SSSR count). The molecule has 1 heterocycles. The Hall–Kier alpha value is -2.19. The fourth-order valence-corrected chi connectivity index (χ4v) is 4.10. The third-order valence-corrected chi connectivity index (χ3v) is 5.99. The van der Waals surface area contributed by atoms with Crippen molar-refractivity contribution in [1.29, 1.82) is 5.41 Å². The first kappa shape index (κ1) is 25.8. The molecule has 0 bridgehead atoms. The number of anilines is 1. The average molecular weight is 460 g/mol. The second-order valence-electron chi connectivity index (χ2n) is 7.67. The van der Waals surface area contributed by atoms with Gasteiger partial charge in [0, 0.05) is 50.5 Å². The van der Waals surface area contributed by atoms with E-state index in [0.29, 0.717) is 31.5 Å². The molecule has 0 radical (unpaired) electrons. The summed E-state index contributed by atoms with van der Waals surface area (Å²) in [6.45, 7) is 2.82. The third-order valence-electron chi connectivity index (χ3n) is 5.99. The third kappa shape index (κ3) is 5.92. The number of aliphatic carboxylic acids is 1. The second-order valence-corrected chi connectivity index (χ2v) is 7.67. The molecule has 0 spiro atoms. The zero-order chi connectivity index (χ0) is 20.3. The molecule has 0 atom stereocenters. The number of amidine groups is 1. The van der Waals surface area contributed by atoms with Gasteiger partial charge in [-0.2, -0.15) is 0 Å². The van der Waals surface area contributed by atoms with Gasteiger partial charge in [0.15, 0.2) is 0 Å². The SMILES string of the molecule is CN(C(=O)N1CCN(c2ccc(C(=N)N)cc2)CC1)[C@H]1CC[C@@H](C(=O)O)CC1.Cl.Cl. The summed E-state index contributed by atoms with van der Waals surface area (Å²) in [6, 6.07) is 7.76. The van der Waals surface area contributed by atoms with Crippen LogP contribution in [-0.2, 0) is 4.79 Å². The molecule has 8 nitrogen and oxygen atoms in total. The molecule has 1 aromatic carbocycles. The summed E-state index contributed by atoms with van der Waals surface area (Å²) in [6.07, 6.45) is 2.78. The van der Waals surface area contributed by atoms with E-state index in [-0.39, 0.29) is 48.6 Å². The lowest BCUT2D eigenvalue weighted by molar-refractivity contribution is -0.143. The first-order valence-corrected chi connectivity index (χ1v) is 9.80. The molecular weight excluding hydrogens is 429 g/mol. The summed E-state index contributed by atoms with van der Waals surface area (Å²) < 4.78 is 0. The molecule has 1 aromatic rings. The van der Waals surface area contributed by atoms with Crippen molar-refractivity contribution in [3.05, 3.63) is 29.8 Å². The van der Waals surface area contributed by atoms with Crippen LogP contribution in [0.15, 0.2) is 24.3 Å². The number of amides is 2. The van der Waals surface area contributed by atoms with Gasteiger partial charge in [0.25, 0.3) is 0 Å². The van der Waals surface area contributed by atoms with Crippen LogP contribution in [-0.4, -0.2) is 72.0 Å². The standard InChI is InChI=1S/C20H29N5O3.2ClH/c1-23(16-6-4-15(5-7-16)19(26)27)20(28)25-12-10-24(11-13-25)17-8-2-14(3-9-17)18(21)22;;/h2-3,8-9,15-16H,4-7,10-13H2,1H3,(H3,21,22)(H,26,27);2*1H/t15-,16+;;. The number of rotatable bonds is 4. The van der Waals surface area contributed by atoms with E-state index in [4.69, 9.17) is 16.2 Å². The molecule has 30 heavy (non-hydrogen) atoms. The number of benzene rings is 1. The number of nitrogens with one attached hydrogen (secondary N) is 1. The minimum atomic E-state index is -0.722. The highest BCUT2D eigenvalue weighted by Gasteiger charge is 2.32. The van der Waals surface area contributed by atoms with Gasteiger partial charge in [-0.05, 0) is 49.9 Å². The van der Waals surface area contributed by atoms with E-state index in [9.17, 15) is 9.59 Å². The maximum absolute atomic E-state index is 12.9. The van der Waals surface area contributed by atoms with Gasteiger partial charge in [0.1, 0.15) is 5.84 Å². The number of carboxylic acids is 1. The highest BCUT2D eigenvalue weighted by atomic mass is 35.5. The van der Waals surface area contributed by atoms with Crippen LogP contribution in [0.3, 0.4) is 0 Å². The lowest BCUT2D eigenvalue weighted by Crippen LogP contribution is -2.54. The molecule has 0 unspecified atom stereocenters.